The minimum Gasteiger partial charge on any atom is -0.369 e. The molecule has 2 aromatic carbocycles. The maximum atomic E-state index is 14.8. The summed E-state index contributed by atoms with van der Waals surface area (Å²) in [6, 6.07) is 11.5. The van der Waals surface area contributed by atoms with Crippen LogP contribution in [0.25, 0.3) is 16.6 Å². The second-order valence-electron chi connectivity index (χ2n) is 9.92. The standard InChI is InChI=1S/C28H29FN6O3/c1-16-9-12-22(21(29)13-16)31-25-23-24(17(2)26(36)33(25)5)34(28(38)35(27(23)37)19-10-11-19)20-8-6-7-18(14-20)30-15-32(3)4/h6-9,12-15,19,31H,10-11H2,1-5H3/b30-15+. The Morgan fingerprint density at radius 2 is 1.79 bits per heavy atom. The van der Waals surface area contributed by atoms with Gasteiger partial charge in [-0.25, -0.2) is 14.2 Å². The molecule has 0 unspecified atom stereocenters. The van der Waals surface area contributed by atoms with Gasteiger partial charge >= 0.3 is 5.69 Å². The first-order valence-electron chi connectivity index (χ1n) is 12.3. The van der Waals surface area contributed by atoms with Crippen LogP contribution in [0.15, 0.2) is 61.8 Å². The molecule has 2 aromatic heterocycles. The molecule has 0 saturated heterocycles. The number of rotatable bonds is 6. The Hall–Kier alpha value is -4.47. The van der Waals surface area contributed by atoms with Crippen LogP contribution in [0.2, 0.25) is 0 Å². The molecular weight excluding hydrogens is 487 g/mol. The van der Waals surface area contributed by atoms with Crippen LogP contribution >= 0.6 is 0 Å². The normalized spacial score (nSPS) is 13.4. The SMILES string of the molecule is Cc1ccc(Nc2c3c(=O)n(C4CC4)c(=O)n(-c4cccc(/N=C/N(C)C)c4)c3c(C)c(=O)n2C)c(F)c1. The van der Waals surface area contributed by atoms with Crippen molar-refractivity contribution in [3.63, 3.8) is 0 Å². The molecule has 0 aliphatic heterocycles. The number of nitrogens with one attached hydrogen (secondary N) is 1. The van der Waals surface area contributed by atoms with Crippen molar-refractivity contribution >= 4 is 34.4 Å². The topological polar surface area (TPSA) is 93.6 Å². The average Bonchev–Trinajstić information content (AvgIpc) is 3.70. The lowest BCUT2D eigenvalue weighted by Gasteiger charge is -2.20. The molecule has 1 N–H and O–H groups in total. The van der Waals surface area contributed by atoms with Crippen molar-refractivity contribution in [3.05, 3.63) is 90.6 Å². The van der Waals surface area contributed by atoms with Crippen molar-refractivity contribution in [2.75, 3.05) is 19.4 Å². The minimum absolute atomic E-state index is 0.117. The Kier molecular flexibility index (Phi) is 6.26. The van der Waals surface area contributed by atoms with E-state index in [9.17, 15) is 18.8 Å². The monoisotopic (exact) mass is 516 g/mol. The molecule has 0 radical (unpaired) electrons. The van der Waals surface area contributed by atoms with Crippen molar-refractivity contribution in [2.45, 2.75) is 32.7 Å². The molecule has 0 bridgehead atoms. The number of anilines is 2. The highest BCUT2D eigenvalue weighted by Crippen LogP contribution is 2.34. The summed E-state index contributed by atoms with van der Waals surface area (Å²) in [5.41, 5.74) is 0.880. The first kappa shape index (κ1) is 25.2. The van der Waals surface area contributed by atoms with E-state index in [1.807, 2.05) is 14.1 Å². The fraction of sp³-hybridized carbons (Fsp3) is 0.286. The van der Waals surface area contributed by atoms with Crippen LogP contribution in [0.4, 0.5) is 21.6 Å². The van der Waals surface area contributed by atoms with Gasteiger partial charge in [-0.05, 0) is 62.6 Å². The van der Waals surface area contributed by atoms with Gasteiger partial charge in [0.05, 0.1) is 28.9 Å². The number of hydrogen-bond donors (Lipinski definition) is 1. The summed E-state index contributed by atoms with van der Waals surface area (Å²) in [4.78, 5) is 47.4. The lowest BCUT2D eigenvalue weighted by molar-refractivity contribution is 0.630. The van der Waals surface area contributed by atoms with E-state index >= 15 is 0 Å². The van der Waals surface area contributed by atoms with E-state index in [0.29, 0.717) is 24.2 Å². The third kappa shape index (κ3) is 4.31. The highest BCUT2D eigenvalue weighted by Gasteiger charge is 2.31. The lowest BCUT2D eigenvalue weighted by Crippen LogP contribution is -2.41. The minimum atomic E-state index is -0.525. The Bertz CT molecular complexity index is 1790. The van der Waals surface area contributed by atoms with E-state index in [0.717, 1.165) is 5.56 Å². The van der Waals surface area contributed by atoms with Crippen molar-refractivity contribution in [3.8, 4) is 5.69 Å². The number of halogens is 1. The number of aryl methyl sites for hydroxylation is 2. The van der Waals surface area contributed by atoms with Crippen molar-refractivity contribution in [2.24, 2.45) is 12.0 Å². The quantitative estimate of drug-likeness (QED) is 0.310. The Morgan fingerprint density at radius 3 is 2.45 bits per heavy atom. The van der Waals surface area contributed by atoms with Gasteiger partial charge in [0.2, 0.25) is 0 Å². The number of hydrogen-bond acceptors (Lipinski definition) is 5. The van der Waals surface area contributed by atoms with Gasteiger partial charge in [-0.2, -0.15) is 0 Å². The molecule has 196 valence electrons. The summed E-state index contributed by atoms with van der Waals surface area (Å²) in [7, 11) is 5.22. The number of pyridine rings is 1. The van der Waals surface area contributed by atoms with Crippen LogP contribution in [-0.4, -0.2) is 39.0 Å². The van der Waals surface area contributed by atoms with Crippen LogP contribution in [0, 0.1) is 19.7 Å². The van der Waals surface area contributed by atoms with Gasteiger partial charge in [-0.3, -0.25) is 23.3 Å². The van der Waals surface area contributed by atoms with Gasteiger partial charge in [-0.15, -0.1) is 0 Å². The van der Waals surface area contributed by atoms with E-state index in [1.54, 1.807) is 61.5 Å². The zero-order valence-corrected chi connectivity index (χ0v) is 21.9. The predicted octanol–water partition coefficient (Wildman–Crippen LogP) is 3.91. The van der Waals surface area contributed by atoms with Crippen LogP contribution < -0.4 is 22.1 Å². The van der Waals surface area contributed by atoms with E-state index in [4.69, 9.17) is 0 Å². The highest BCUT2D eigenvalue weighted by atomic mass is 19.1. The predicted molar refractivity (Wildman–Crippen MR) is 148 cm³/mol. The number of nitrogens with zero attached hydrogens (tertiary/aromatic N) is 5. The second-order valence-corrected chi connectivity index (χ2v) is 9.92. The zero-order chi connectivity index (χ0) is 27.3. The molecule has 0 amide bonds. The number of fused-ring (bicyclic) bond motifs is 1. The van der Waals surface area contributed by atoms with Gasteiger partial charge < -0.3 is 10.2 Å². The molecule has 1 aliphatic rings. The number of aromatic nitrogens is 3. The molecule has 1 fully saturated rings. The van der Waals surface area contributed by atoms with E-state index < -0.39 is 22.6 Å². The maximum Gasteiger partial charge on any atom is 0.336 e. The first-order chi connectivity index (χ1) is 18.1. The van der Waals surface area contributed by atoms with Gasteiger partial charge in [0.25, 0.3) is 11.1 Å². The summed E-state index contributed by atoms with van der Waals surface area (Å²) in [5.74, 6) is -0.401. The fourth-order valence-corrected chi connectivity index (χ4v) is 4.60. The van der Waals surface area contributed by atoms with E-state index in [-0.39, 0.29) is 34.0 Å². The van der Waals surface area contributed by atoms with Crippen LogP contribution in [0.5, 0.6) is 0 Å². The molecular formula is C28H29FN6O3. The smallest absolute Gasteiger partial charge is 0.336 e. The average molecular weight is 517 g/mol. The van der Waals surface area contributed by atoms with E-state index in [1.165, 1.54) is 26.8 Å². The van der Waals surface area contributed by atoms with Crippen molar-refractivity contribution < 1.29 is 4.39 Å². The molecule has 38 heavy (non-hydrogen) atoms. The maximum absolute atomic E-state index is 14.8. The third-order valence-electron chi connectivity index (χ3n) is 6.66. The summed E-state index contributed by atoms with van der Waals surface area (Å²) < 4.78 is 18.8. The number of aliphatic imine (C=N–C) groups is 1. The first-order valence-corrected chi connectivity index (χ1v) is 12.3. The van der Waals surface area contributed by atoms with Crippen molar-refractivity contribution in [1.29, 1.82) is 0 Å². The second kappa shape index (κ2) is 9.44. The summed E-state index contributed by atoms with van der Waals surface area (Å²) in [6.45, 7) is 3.36. The molecule has 0 atom stereocenters. The summed E-state index contributed by atoms with van der Waals surface area (Å²) in [6.07, 6.45) is 3.05. The molecule has 0 spiro atoms. The van der Waals surface area contributed by atoms with Crippen LogP contribution in [0.3, 0.4) is 0 Å². The summed E-state index contributed by atoms with van der Waals surface area (Å²) >= 11 is 0. The van der Waals surface area contributed by atoms with Crippen LogP contribution in [-0.2, 0) is 7.05 Å². The van der Waals surface area contributed by atoms with Gasteiger partial charge in [-0.1, -0.05) is 12.1 Å². The van der Waals surface area contributed by atoms with Gasteiger partial charge in [0, 0.05) is 32.7 Å². The van der Waals surface area contributed by atoms with Crippen LogP contribution in [0.1, 0.15) is 30.0 Å². The molecule has 9 nitrogen and oxygen atoms in total. The van der Waals surface area contributed by atoms with E-state index in [2.05, 4.69) is 10.3 Å². The Morgan fingerprint density at radius 1 is 1.05 bits per heavy atom. The highest BCUT2D eigenvalue weighted by molar-refractivity contribution is 5.93. The third-order valence-corrected chi connectivity index (χ3v) is 6.66. The molecule has 4 aromatic rings. The number of benzene rings is 2. The largest absolute Gasteiger partial charge is 0.369 e. The molecule has 10 heteroatoms. The molecule has 5 rings (SSSR count). The zero-order valence-electron chi connectivity index (χ0n) is 21.9. The van der Waals surface area contributed by atoms with Crippen molar-refractivity contribution in [1.82, 2.24) is 18.6 Å². The Balaban J connectivity index is 1.88. The fourth-order valence-electron chi connectivity index (χ4n) is 4.60. The van der Waals surface area contributed by atoms with Gasteiger partial charge in [0.1, 0.15) is 17.0 Å². The summed E-state index contributed by atoms with van der Waals surface area (Å²) in [5, 5.41) is 3.12. The molecule has 1 aliphatic carbocycles. The van der Waals surface area contributed by atoms with Gasteiger partial charge in [0.15, 0.2) is 0 Å². The molecule has 1 saturated carbocycles. The Labute approximate surface area is 218 Å². The molecule has 2 heterocycles. The lowest BCUT2D eigenvalue weighted by atomic mass is 10.1.